The highest BCUT2D eigenvalue weighted by molar-refractivity contribution is 9.10. The number of halogens is 1. The van der Waals surface area contributed by atoms with Crippen molar-refractivity contribution in [1.29, 1.82) is 0 Å². The van der Waals surface area contributed by atoms with E-state index in [1.54, 1.807) is 0 Å². The van der Waals surface area contributed by atoms with Gasteiger partial charge in [-0.2, -0.15) is 0 Å². The van der Waals surface area contributed by atoms with Gasteiger partial charge >= 0.3 is 0 Å². The first-order chi connectivity index (χ1) is 9.13. The molecular formula is C15H22BrNOS. The van der Waals surface area contributed by atoms with E-state index in [0.29, 0.717) is 12.0 Å². The Morgan fingerprint density at radius 3 is 2.79 bits per heavy atom. The van der Waals surface area contributed by atoms with Crippen molar-refractivity contribution >= 4 is 26.7 Å². The molecule has 1 aromatic carbocycles. The van der Waals surface area contributed by atoms with E-state index in [9.17, 15) is 4.21 Å². The highest BCUT2D eigenvalue weighted by Crippen LogP contribution is 2.32. The molecule has 0 radical (unpaired) electrons. The zero-order valence-corrected chi connectivity index (χ0v) is 14.0. The molecule has 19 heavy (non-hydrogen) atoms. The summed E-state index contributed by atoms with van der Waals surface area (Å²) in [6, 6.07) is 8.27. The number of hydrogen-bond donors (Lipinski definition) is 1. The second-order valence-corrected chi connectivity index (χ2v) is 7.84. The predicted molar refractivity (Wildman–Crippen MR) is 84.8 cm³/mol. The average molecular weight is 344 g/mol. The molecule has 2 nitrogen and oxygen atoms in total. The van der Waals surface area contributed by atoms with Crippen LogP contribution in [0.25, 0.3) is 0 Å². The van der Waals surface area contributed by atoms with Crippen molar-refractivity contribution in [3.63, 3.8) is 0 Å². The molecule has 0 bridgehead atoms. The molecule has 0 amide bonds. The molecule has 1 aliphatic rings. The molecule has 1 fully saturated rings. The topological polar surface area (TPSA) is 29.1 Å². The van der Waals surface area contributed by atoms with Crippen LogP contribution >= 0.6 is 15.9 Å². The summed E-state index contributed by atoms with van der Waals surface area (Å²) in [7, 11) is -0.943. The minimum absolute atomic E-state index is 0.224. The predicted octanol–water partition coefficient (Wildman–Crippen LogP) is 3.72. The van der Waals surface area contributed by atoms with Crippen LogP contribution in [0.2, 0.25) is 0 Å². The molecule has 1 aliphatic carbocycles. The third kappa shape index (κ3) is 3.67. The van der Waals surface area contributed by atoms with Crippen LogP contribution in [0.1, 0.15) is 33.1 Å². The van der Waals surface area contributed by atoms with Crippen molar-refractivity contribution < 1.29 is 4.21 Å². The summed E-state index contributed by atoms with van der Waals surface area (Å²) in [5.41, 5.74) is 0. The second-order valence-electron chi connectivity index (χ2n) is 5.35. The van der Waals surface area contributed by atoms with E-state index < -0.39 is 10.8 Å². The van der Waals surface area contributed by atoms with E-state index in [1.807, 2.05) is 24.3 Å². The van der Waals surface area contributed by atoms with Crippen LogP contribution in [0.4, 0.5) is 0 Å². The lowest BCUT2D eigenvalue weighted by atomic mass is 9.87. The summed E-state index contributed by atoms with van der Waals surface area (Å²) in [4.78, 5) is 0.935. The summed E-state index contributed by atoms with van der Waals surface area (Å²) in [5.74, 6) is 0.673. The van der Waals surface area contributed by atoms with Gasteiger partial charge in [-0.1, -0.05) is 26.0 Å². The van der Waals surface area contributed by atoms with Gasteiger partial charge in [0.1, 0.15) is 0 Å². The fourth-order valence-corrected chi connectivity index (χ4v) is 5.43. The van der Waals surface area contributed by atoms with Crippen molar-refractivity contribution in [1.82, 2.24) is 5.32 Å². The number of hydrogen-bond acceptors (Lipinski definition) is 2. The van der Waals surface area contributed by atoms with E-state index in [-0.39, 0.29) is 5.25 Å². The van der Waals surface area contributed by atoms with Gasteiger partial charge in [-0.25, -0.2) is 0 Å². The van der Waals surface area contributed by atoms with Gasteiger partial charge in [-0.3, -0.25) is 4.21 Å². The van der Waals surface area contributed by atoms with E-state index >= 15 is 0 Å². The van der Waals surface area contributed by atoms with Crippen molar-refractivity contribution in [2.24, 2.45) is 5.92 Å². The SMILES string of the molecule is CCNC1CCC(C)CC1S(=O)c1ccccc1Br. The molecule has 0 aromatic heterocycles. The molecule has 1 saturated carbocycles. The Bertz CT molecular complexity index is 452. The smallest absolute Gasteiger partial charge is 0.0588 e. The quantitative estimate of drug-likeness (QED) is 0.902. The summed E-state index contributed by atoms with van der Waals surface area (Å²) < 4.78 is 13.9. The number of rotatable bonds is 4. The molecule has 4 atom stereocenters. The van der Waals surface area contributed by atoms with Crippen molar-refractivity contribution in [3.05, 3.63) is 28.7 Å². The zero-order valence-electron chi connectivity index (χ0n) is 11.6. The van der Waals surface area contributed by atoms with E-state index in [2.05, 4.69) is 35.1 Å². The molecule has 0 aliphatic heterocycles. The van der Waals surface area contributed by atoms with Crippen molar-refractivity contribution in [3.8, 4) is 0 Å². The summed E-state index contributed by atoms with van der Waals surface area (Å²) in [6.07, 6.45) is 3.42. The van der Waals surface area contributed by atoms with Gasteiger partial charge in [0.15, 0.2) is 0 Å². The molecule has 0 heterocycles. The standard InChI is InChI=1S/C15H22BrNOS/c1-3-17-13-9-8-11(2)10-15(13)19(18)14-7-5-4-6-12(14)16/h4-7,11,13,15,17H,3,8-10H2,1-2H3. The molecule has 4 heteroatoms. The fraction of sp³-hybridized carbons (Fsp3) is 0.600. The Morgan fingerprint density at radius 2 is 2.11 bits per heavy atom. The molecule has 1 aromatic rings. The monoisotopic (exact) mass is 343 g/mol. The Kier molecular flexibility index (Phi) is 5.60. The van der Waals surface area contributed by atoms with Gasteiger partial charge in [-0.05, 0) is 59.8 Å². The molecule has 0 saturated heterocycles. The van der Waals surface area contributed by atoms with Gasteiger partial charge in [0, 0.05) is 10.5 Å². The van der Waals surface area contributed by atoms with Gasteiger partial charge in [0.2, 0.25) is 0 Å². The Hall–Kier alpha value is -0.190. The molecular weight excluding hydrogens is 322 g/mol. The Morgan fingerprint density at radius 1 is 1.37 bits per heavy atom. The third-order valence-corrected chi connectivity index (χ3v) is 6.66. The van der Waals surface area contributed by atoms with Crippen LogP contribution in [-0.4, -0.2) is 22.0 Å². The molecule has 0 spiro atoms. The van der Waals surface area contributed by atoms with Crippen molar-refractivity contribution in [2.45, 2.75) is 49.3 Å². The van der Waals surface area contributed by atoms with Crippen LogP contribution < -0.4 is 5.32 Å². The third-order valence-electron chi connectivity index (χ3n) is 3.85. The van der Waals surface area contributed by atoms with E-state index in [0.717, 1.165) is 28.8 Å². The lowest BCUT2D eigenvalue weighted by Crippen LogP contribution is -2.46. The number of nitrogens with one attached hydrogen (secondary N) is 1. The van der Waals surface area contributed by atoms with Gasteiger partial charge < -0.3 is 5.32 Å². The average Bonchev–Trinajstić information content (AvgIpc) is 2.41. The lowest BCUT2D eigenvalue weighted by molar-refractivity contribution is 0.316. The van der Waals surface area contributed by atoms with Crippen LogP contribution in [0.3, 0.4) is 0 Å². The van der Waals surface area contributed by atoms with Gasteiger partial charge in [0.25, 0.3) is 0 Å². The molecule has 106 valence electrons. The van der Waals surface area contributed by atoms with E-state index in [4.69, 9.17) is 0 Å². The van der Waals surface area contributed by atoms with Gasteiger partial charge in [0.05, 0.1) is 20.9 Å². The maximum Gasteiger partial charge on any atom is 0.0588 e. The van der Waals surface area contributed by atoms with E-state index in [1.165, 1.54) is 6.42 Å². The van der Waals surface area contributed by atoms with Crippen LogP contribution in [0.5, 0.6) is 0 Å². The first kappa shape index (κ1) is 15.2. The lowest BCUT2D eigenvalue weighted by Gasteiger charge is -2.34. The fourth-order valence-electron chi connectivity index (χ4n) is 2.83. The molecule has 2 rings (SSSR count). The largest absolute Gasteiger partial charge is 0.313 e. The van der Waals surface area contributed by atoms with Crippen LogP contribution in [0, 0.1) is 5.92 Å². The summed E-state index contributed by atoms with van der Waals surface area (Å²) in [5, 5.41) is 3.74. The Balaban J connectivity index is 2.21. The molecule has 1 N–H and O–H groups in total. The molecule has 4 unspecified atom stereocenters. The minimum Gasteiger partial charge on any atom is -0.313 e. The number of benzene rings is 1. The maximum atomic E-state index is 12.9. The summed E-state index contributed by atoms with van der Waals surface area (Å²) in [6.45, 7) is 5.34. The first-order valence-electron chi connectivity index (χ1n) is 7.02. The van der Waals surface area contributed by atoms with Gasteiger partial charge in [-0.15, -0.1) is 0 Å². The highest BCUT2D eigenvalue weighted by atomic mass is 79.9. The van der Waals surface area contributed by atoms with Crippen LogP contribution in [-0.2, 0) is 10.8 Å². The minimum atomic E-state index is -0.943. The second kappa shape index (κ2) is 7.00. The van der Waals surface area contributed by atoms with Crippen molar-refractivity contribution in [2.75, 3.05) is 6.54 Å². The Labute approximate surface area is 127 Å². The zero-order chi connectivity index (χ0) is 13.8. The normalized spacial score (nSPS) is 29.1. The van der Waals surface area contributed by atoms with Crippen LogP contribution in [0.15, 0.2) is 33.6 Å². The highest BCUT2D eigenvalue weighted by Gasteiger charge is 2.33. The maximum absolute atomic E-state index is 12.9. The summed E-state index contributed by atoms with van der Waals surface area (Å²) >= 11 is 3.52. The first-order valence-corrected chi connectivity index (χ1v) is 9.02.